The Balaban J connectivity index is 1.52. The number of amides is 2. The van der Waals surface area contributed by atoms with E-state index >= 15 is 0 Å². The Morgan fingerprint density at radius 1 is 1.27 bits per heavy atom. The number of urea groups is 1. The summed E-state index contributed by atoms with van der Waals surface area (Å²) < 4.78 is 10.9. The highest BCUT2D eigenvalue weighted by atomic mass is 16.5. The topological polar surface area (TPSA) is 103 Å². The van der Waals surface area contributed by atoms with Gasteiger partial charge in [-0.25, -0.2) is 4.79 Å². The van der Waals surface area contributed by atoms with Crippen molar-refractivity contribution < 1.29 is 24.5 Å². The molecule has 0 radical (unpaired) electrons. The van der Waals surface area contributed by atoms with Crippen LogP contribution in [0, 0.1) is 0 Å². The van der Waals surface area contributed by atoms with Gasteiger partial charge in [0.1, 0.15) is 5.75 Å². The van der Waals surface area contributed by atoms with Crippen molar-refractivity contribution >= 4 is 17.4 Å². The average Bonchev–Trinajstić information content (AvgIpc) is 3.09. The minimum absolute atomic E-state index is 0.214. The molecule has 0 unspecified atom stereocenters. The molecule has 0 aromatic heterocycles. The quantitative estimate of drug-likeness (QED) is 0.596. The fraction of sp³-hybridized carbons (Fsp3) is 0.409. The van der Waals surface area contributed by atoms with E-state index in [1.807, 2.05) is 36.4 Å². The van der Waals surface area contributed by atoms with Crippen LogP contribution in [0.5, 0.6) is 5.75 Å². The van der Waals surface area contributed by atoms with E-state index in [0.717, 1.165) is 29.9 Å². The zero-order chi connectivity index (χ0) is 21.1. The van der Waals surface area contributed by atoms with Crippen LogP contribution in [-0.2, 0) is 17.8 Å². The molecule has 1 saturated heterocycles. The molecule has 0 spiro atoms. The van der Waals surface area contributed by atoms with Gasteiger partial charge in [-0.2, -0.15) is 0 Å². The largest absolute Gasteiger partial charge is 0.494 e. The first-order valence-electron chi connectivity index (χ1n) is 10.1. The van der Waals surface area contributed by atoms with Gasteiger partial charge >= 0.3 is 6.03 Å². The predicted octanol–water partition coefficient (Wildman–Crippen LogP) is 1.80. The first-order valence-corrected chi connectivity index (χ1v) is 10.1. The zero-order valence-corrected chi connectivity index (χ0v) is 16.9. The molecule has 2 aromatic rings. The van der Waals surface area contributed by atoms with Gasteiger partial charge in [-0.3, -0.25) is 0 Å². The monoisotopic (exact) mass is 413 g/mol. The lowest BCUT2D eigenvalue weighted by atomic mass is 10.1. The van der Waals surface area contributed by atoms with Crippen molar-refractivity contribution in [2.75, 3.05) is 43.6 Å². The number of carbonyl (C=O) groups is 1. The fourth-order valence-corrected chi connectivity index (χ4v) is 4.16. The first kappa shape index (κ1) is 20.5. The van der Waals surface area contributed by atoms with Gasteiger partial charge in [-0.15, -0.1) is 0 Å². The molecule has 1 fully saturated rings. The standard InChI is InChI=1S/C22H27N3O5/c1-29-21-15(13-26)10-16(25-6-8-30-9-7-25)12-19(21)24-22(28)23-18-11-14-4-2-3-5-17(14)20(18)27/h2-5,10,12,18,20,26-27H,6-9,11,13H2,1H3,(H2,23,24,28)/t18-,20+/m1/s1. The van der Waals surface area contributed by atoms with Gasteiger partial charge in [0.05, 0.1) is 44.8 Å². The fourth-order valence-electron chi connectivity index (χ4n) is 4.16. The number of methoxy groups -OCH3 is 1. The lowest BCUT2D eigenvalue weighted by Gasteiger charge is -2.30. The highest BCUT2D eigenvalue weighted by molar-refractivity contribution is 5.92. The van der Waals surface area contributed by atoms with Crippen molar-refractivity contribution in [3.63, 3.8) is 0 Å². The smallest absolute Gasteiger partial charge is 0.319 e. The van der Waals surface area contributed by atoms with Gasteiger partial charge in [0.25, 0.3) is 0 Å². The second kappa shape index (κ2) is 8.91. The third-order valence-corrected chi connectivity index (χ3v) is 5.66. The molecule has 4 N–H and O–H groups in total. The Morgan fingerprint density at radius 3 is 2.73 bits per heavy atom. The van der Waals surface area contributed by atoms with E-state index in [9.17, 15) is 15.0 Å². The number of rotatable bonds is 5. The van der Waals surface area contributed by atoms with Crippen LogP contribution in [-0.4, -0.2) is 55.7 Å². The summed E-state index contributed by atoms with van der Waals surface area (Å²) in [5.41, 5.74) is 3.81. The van der Waals surface area contributed by atoms with E-state index < -0.39 is 18.2 Å². The zero-order valence-electron chi connectivity index (χ0n) is 16.9. The van der Waals surface area contributed by atoms with Gasteiger partial charge in [-0.1, -0.05) is 24.3 Å². The SMILES string of the molecule is COc1c(CO)cc(N2CCOCC2)cc1NC(=O)N[C@@H]1Cc2ccccc2[C@@H]1O. The van der Waals surface area contributed by atoms with E-state index in [0.29, 0.717) is 36.6 Å². The molecular weight excluding hydrogens is 386 g/mol. The number of ether oxygens (including phenoxy) is 2. The summed E-state index contributed by atoms with van der Waals surface area (Å²) in [6.07, 6.45) is -0.182. The molecule has 30 heavy (non-hydrogen) atoms. The van der Waals surface area contributed by atoms with Gasteiger partial charge in [-0.05, 0) is 29.7 Å². The van der Waals surface area contributed by atoms with Crippen molar-refractivity contribution in [1.29, 1.82) is 0 Å². The predicted molar refractivity (Wildman–Crippen MR) is 113 cm³/mol. The number of hydrogen-bond acceptors (Lipinski definition) is 6. The van der Waals surface area contributed by atoms with E-state index in [-0.39, 0.29) is 6.61 Å². The Kier molecular flexibility index (Phi) is 6.08. The molecule has 2 aromatic carbocycles. The van der Waals surface area contributed by atoms with Crippen LogP contribution >= 0.6 is 0 Å². The number of anilines is 2. The highest BCUT2D eigenvalue weighted by Crippen LogP contribution is 2.35. The van der Waals surface area contributed by atoms with Crippen LogP contribution in [0.1, 0.15) is 22.8 Å². The number of carbonyl (C=O) groups excluding carboxylic acids is 1. The molecular formula is C22H27N3O5. The van der Waals surface area contributed by atoms with Crippen LogP contribution in [0.2, 0.25) is 0 Å². The normalized spacial score (nSPS) is 20.6. The Bertz CT molecular complexity index is 914. The molecule has 8 nitrogen and oxygen atoms in total. The lowest BCUT2D eigenvalue weighted by molar-refractivity contribution is 0.122. The van der Waals surface area contributed by atoms with Crippen molar-refractivity contribution in [2.24, 2.45) is 0 Å². The van der Waals surface area contributed by atoms with Crippen molar-refractivity contribution in [3.05, 3.63) is 53.1 Å². The maximum absolute atomic E-state index is 12.7. The summed E-state index contributed by atoms with van der Waals surface area (Å²) in [5.74, 6) is 0.417. The molecule has 0 saturated carbocycles. The summed E-state index contributed by atoms with van der Waals surface area (Å²) in [7, 11) is 1.50. The molecule has 1 aliphatic carbocycles. The number of nitrogens with zero attached hydrogens (tertiary/aromatic N) is 1. The highest BCUT2D eigenvalue weighted by Gasteiger charge is 2.32. The van der Waals surface area contributed by atoms with E-state index in [2.05, 4.69) is 15.5 Å². The third kappa shape index (κ3) is 4.07. The van der Waals surface area contributed by atoms with Crippen LogP contribution in [0.3, 0.4) is 0 Å². The first-order chi connectivity index (χ1) is 14.6. The van der Waals surface area contributed by atoms with Crippen LogP contribution in [0.25, 0.3) is 0 Å². The molecule has 4 rings (SSSR count). The van der Waals surface area contributed by atoms with E-state index in [1.165, 1.54) is 7.11 Å². The van der Waals surface area contributed by atoms with Gasteiger partial charge in [0, 0.05) is 24.3 Å². The number of fused-ring (bicyclic) bond motifs is 1. The van der Waals surface area contributed by atoms with Gasteiger partial charge in [0.15, 0.2) is 0 Å². The summed E-state index contributed by atoms with van der Waals surface area (Å²) in [5, 5.41) is 26.0. The van der Waals surface area contributed by atoms with Gasteiger partial charge in [0.2, 0.25) is 0 Å². The molecule has 1 aliphatic heterocycles. The molecule has 2 amide bonds. The van der Waals surface area contributed by atoms with Gasteiger partial charge < -0.3 is 35.2 Å². The summed E-state index contributed by atoms with van der Waals surface area (Å²) >= 11 is 0. The minimum Gasteiger partial charge on any atom is -0.494 e. The Labute approximate surface area is 175 Å². The van der Waals surface area contributed by atoms with Crippen LogP contribution in [0.15, 0.2) is 36.4 Å². The number of aliphatic hydroxyl groups excluding tert-OH is 2. The Hall–Kier alpha value is -2.81. The Morgan fingerprint density at radius 2 is 2.03 bits per heavy atom. The van der Waals surface area contributed by atoms with Crippen LogP contribution < -0.4 is 20.3 Å². The summed E-state index contributed by atoms with van der Waals surface area (Å²) in [6, 6.07) is 10.5. The number of nitrogens with one attached hydrogen (secondary N) is 2. The molecule has 2 aliphatic rings. The van der Waals surface area contributed by atoms with E-state index in [4.69, 9.17) is 9.47 Å². The number of aliphatic hydroxyl groups is 2. The number of benzene rings is 2. The molecule has 0 bridgehead atoms. The van der Waals surface area contributed by atoms with E-state index in [1.54, 1.807) is 0 Å². The van der Waals surface area contributed by atoms with Crippen molar-refractivity contribution in [2.45, 2.75) is 25.2 Å². The maximum Gasteiger partial charge on any atom is 0.319 e. The second-order valence-electron chi connectivity index (χ2n) is 7.50. The number of morpholine rings is 1. The molecule has 8 heteroatoms. The van der Waals surface area contributed by atoms with Crippen molar-refractivity contribution in [1.82, 2.24) is 5.32 Å². The third-order valence-electron chi connectivity index (χ3n) is 5.66. The lowest BCUT2D eigenvalue weighted by Crippen LogP contribution is -2.40. The molecule has 160 valence electrons. The molecule has 1 heterocycles. The average molecular weight is 413 g/mol. The summed E-state index contributed by atoms with van der Waals surface area (Å²) in [6.45, 7) is 2.51. The minimum atomic E-state index is -0.749. The summed E-state index contributed by atoms with van der Waals surface area (Å²) in [4.78, 5) is 14.9. The van der Waals surface area contributed by atoms with Crippen LogP contribution in [0.4, 0.5) is 16.2 Å². The number of hydrogen-bond donors (Lipinski definition) is 4. The second-order valence-corrected chi connectivity index (χ2v) is 7.50. The molecule has 2 atom stereocenters. The van der Waals surface area contributed by atoms with Crippen molar-refractivity contribution in [3.8, 4) is 5.75 Å². The maximum atomic E-state index is 12.7.